The monoisotopic (exact) mass is 646 g/mol. The number of thioether (sulfide) groups is 1. The van der Waals surface area contributed by atoms with Crippen LogP contribution in [-0.4, -0.2) is 33.9 Å². The Hall–Kier alpha value is -3.95. The van der Waals surface area contributed by atoms with Gasteiger partial charge in [0.25, 0.3) is 0 Å². The number of unbranched alkanes of at least 4 members (excludes halogenated alkanes) is 3. The van der Waals surface area contributed by atoms with Gasteiger partial charge >= 0.3 is 5.97 Å². The zero-order valence-electron chi connectivity index (χ0n) is 25.9. The Morgan fingerprint density at radius 1 is 0.978 bits per heavy atom. The molecule has 0 saturated heterocycles. The van der Waals surface area contributed by atoms with Crippen molar-refractivity contribution in [3.05, 3.63) is 106 Å². The molecule has 2 heterocycles. The number of esters is 1. The Bertz CT molecular complexity index is 1630. The van der Waals surface area contributed by atoms with Crippen LogP contribution in [0.1, 0.15) is 69.2 Å². The number of anilines is 1. The average molecular weight is 647 g/mol. The molecule has 0 aliphatic carbocycles. The molecule has 0 saturated carbocycles. The van der Waals surface area contributed by atoms with E-state index in [0.29, 0.717) is 57.9 Å². The molecule has 3 aromatic carbocycles. The minimum Gasteiger partial charge on any atom is -0.490 e. The number of aromatic nitrogens is 3. The topological polar surface area (TPSA) is 87.5 Å². The highest BCUT2D eigenvalue weighted by atomic mass is 35.5. The smallest absolute Gasteiger partial charge is 0.338 e. The van der Waals surface area contributed by atoms with Crippen LogP contribution in [0.5, 0.6) is 11.5 Å². The maximum absolute atomic E-state index is 13.8. The molecule has 10 heteroatoms. The van der Waals surface area contributed by atoms with Crippen LogP contribution in [-0.2, 0) is 21.9 Å². The summed E-state index contributed by atoms with van der Waals surface area (Å²) in [4.78, 5) is 18.5. The number of carbonyl (C=O) groups is 1. The lowest BCUT2D eigenvalue weighted by Crippen LogP contribution is -2.29. The molecular formula is C35H39ClN4O4S. The second-order valence-electron chi connectivity index (χ2n) is 10.7. The summed E-state index contributed by atoms with van der Waals surface area (Å²) in [5.74, 6) is 2.00. The van der Waals surface area contributed by atoms with E-state index in [0.717, 1.165) is 29.5 Å². The van der Waals surface area contributed by atoms with Gasteiger partial charge in [0.05, 0.1) is 18.8 Å². The largest absolute Gasteiger partial charge is 0.490 e. The van der Waals surface area contributed by atoms with Crippen LogP contribution in [0.2, 0.25) is 5.02 Å². The van der Waals surface area contributed by atoms with Crippen LogP contribution in [0.25, 0.3) is 0 Å². The number of fused-ring (bicyclic) bond motifs is 1. The van der Waals surface area contributed by atoms with Gasteiger partial charge in [-0.25, -0.2) is 9.48 Å². The van der Waals surface area contributed by atoms with Crippen LogP contribution in [0.15, 0.2) is 89.2 Å². The molecule has 1 aromatic heterocycles. The summed E-state index contributed by atoms with van der Waals surface area (Å²) in [6.45, 7) is 7.23. The molecule has 8 nitrogen and oxygen atoms in total. The highest BCUT2D eigenvalue weighted by Gasteiger charge is 2.36. The summed E-state index contributed by atoms with van der Waals surface area (Å²) in [5, 5.41) is 9.41. The molecule has 1 atom stereocenters. The van der Waals surface area contributed by atoms with Crippen molar-refractivity contribution < 1.29 is 19.0 Å². The molecule has 1 unspecified atom stereocenters. The van der Waals surface area contributed by atoms with Gasteiger partial charge in [-0.1, -0.05) is 104 Å². The highest BCUT2D eigenvalue weighted by Crippen LogP contribution is 2.40. The van der Waals surface area contributed by atoms with E-state index in [1.54, 1.807) is 4.68 Å². The van der Waals surface area contributed by atoms with E-state index in [2.05, 4.69) is 12.2 Å². The van der Waals surface area contributed by atoms with E-state index in [1.807, 2.05) is 86.6 Å². The van der Waals surface area contributed by atoms with E-state index >= 15 is 0 Å². The lowest BCUT2D eigenvalue weighted by atomic mass is 9.95. The van der Waals surface area contributed by atoms with Crippen LogP contribution < -0.4 is 14.8 Å². The third-order valence-electron chi connectivity index (χ3n) is 7.42. The van der Waals surface area contributed by atoms with Crippen molar-refractivity contribution in [2.45, 2.75) is 70.0 Å². The second-order valence-corrected chi connectivity index (χ2v) is 12.1. The van der Waals surface area contributed by atoms with Crippen molar-refractivity contribution in [3.63, 3.8) is 0 Å². The summed E-state index contributed by atoms with van der Waals surface area (Å²) < 4.78 is 19.8. The fraction of sp³-hybridized carbons (Fsp3) is 0.343. The van der Waals surface area contributed by atoms with Gasteiger partial charge in [0.1, 0.15) is 12.6 Å². The molecular weight excluding hydrogens is 608 g/mol. The Kier molecular flexibility index (Phi) is 11.4. The Labute approximate surface area is 274 Å². The van der Waals surface area contributed by atoms with Crippen molar-refractivity contribution in [2.24, 2.45) is 0 Å². The number of hydrogen-bond acceptors (Lipinski definition) is 8. The van der Waals surface area contributed by atoms with Crippen LogP contribution in [0.3, 0.4) is 0 Å². The lowest BCUT2D eigenvalue weighted by Gasteiger charge is -2.28. The predicted octanol–water partition coefficient (Wildman–Crippen LogP) is 8.61. The summed E-state index contributed by atoms with van der Waals surface area (Å²) in [7, 11) is 0. The van der Waals surface area contributed by atoms with Gasteiger partial charge in [0, 0.05) is 16.5 Å². The number of allylic oxidation sites excluding steroid dienone is 1. The van der Waals surface area contributed by atoms with E-state index in [-0.39, 0.29) is 6.61 Å². The molecule has 0 radical (unpaired) electrons. The standard InChI is InChI=1S/C35H39ClN4O4S/c1-4-6-7-13-20-43-29-19-18-26(21-30(29)42-5-2)32-31(33(41)44-22-25-14-9-8-10-15-25)24(3)37-34-38-35(39-40(32)34)45-23-27-16-11-12-17-28(27)36/h8-12,14-19,21,32H,4-7,13,20,22-23H2,1-3H3,(H,37,38,39). The number of benzene rings is 3. The fourth-order valence-electron chi connectivity index (χ4n) is 5.12. The van der Waals surface area contributed by atoms with Crippen molar-refractivity contribution in [1.82, 2.24) is 14.8 Å². The number of hydrogen-bond donors (Lipinski definition) is 1. The van der Waals surface area contributed by atoms with Crippen LogP contribution >= 0.6 is 23.4 Å². The quantitative estimate of drug-likeness (QED) is 0.0780. The first-order chi connectivity index (χ1) is 22.0. The van der Waals surface area contributed by atoms with Gasteiger partial charge in [-0.05, 0) is 55.2 Å². The predicted molar refractivity (Wildman–Crippen MR) is 179 cm³/mol. The number of nitrogens with one attached hydrogen (secondary N) is 1. The number of carbonyl (C=O) groups excluding carboxylic acids is 1. The molecule has 0 fully saturated rings. The van der Waals surface area contributed by atoms with Gasteiger partial charge < -0.3 is 19.5 Å². The minimum absolute atomic E-state index is 0.154. The third-order valence-corrected chi connectivity index (χ3v) is 8.67. The normalized spacial score (nSPS) is 14.1. The molecule has 1 N–H and O–H groups in total. The second kappa shape index (κ2) is 15.9. The van der Waals surface area contributed by atoms with Gasteiger partial charge in [0.2, 0.25) is 11.1 Å². The lowest BCUT2D eigenvalue weighted by molar-refractivity contribution is -0.140. The number of nitrogens with zero attached hydrogens (tertiary/aromatic N) is 3. The number of halogens is 1. The van der Waals surface area contributed by atoms with Crippen molar-refractivity contribution in [3.8, 4) is 11.5 Å². The van der Waals surface area contributed by atoms with E-state index in [4.69, 9.17) is 35.9 Å². The summed E-state index contributed by atoms with van der Waals surface area (Å²) in [5.41, 5.74) is 3.80. The molecule has 5 rings (SSSR count). The molecule has 0 bridgehead atoms. The maximum Gasteiger partial charge on any atom is 0.338 e. The number of ether oxygens (including phenoxy) is 3. The maximum atomic E-state index is 13.8. The van der Waals surface area contributed by atoms with Crippen molar-refractivity contribution >= 4 is 35.3 Å². The molecule has 0 amide bonds. The van der Waals surface area contributed by atoms with Crippen LogP contribution in [0, 0.1) is 0 Å². The Morgan fingerprint density at radius 3 is 2.56 bits per heavy atom. The number of rotatable bonds is 15. The molecule has 0 spiro atoms. The summed E-state index contributed by atoms with van der Waals surface area (Å²) in [6, 6.07) is 22.6. The molecule has 1 aliphatic rings. The Morgan fingerprint density at radius 2 is 1.78 bits per heavy atom. The van der Waals surface area contributed by atoms with Gasteiger partial charge in [-0.3, -0.25) is 0 Å². The van der Waals surface area contributed by atoms with Crippen LogP contribution in [0.4, 0.5) is 5.95 Å². The Balaban J connectivity index is 1.46. The zero-order valence-corrected chi connectivity index (χ0v) is 27.5. The van der Waals surface area contributed by atoms with Gasteiger partial charge in [-0.15, -0.1) is 5.10 Å². The molecule has 236 valence electrons. The van der Waals surface area contributed by atoms with Gasteiger partial charge in [0.15, 0.2) is 11.5 Å². The zero-order chi connectivity index (χ0) is 31.6. The van der Waals surface area contributed by atoms with E-state index in [9.17, 15) is 4.79 Å². The first-order valence-electron chi connectivity index (χ1n) is 15.4. The summed E-state index contributed by atoms with van der Waals surface area (Å²) >= 11 is 7.88. The molecule has 4 aromatic rings. The summed E-state index contributed by atoms with van der Waals surface area (Å²) in [6.07, 6.45) is 4.45. The fourth-order valence-corrected chi connectivity index (χ4v) is 6.23. The first-order valence-corrected chi connectivity index (χ1v) is 16.8. The average Bonchev–Trinajstić information content (AvgIpc) is 3.46. The molecule has 45 heavy (non-hydrogen) atoms. The third kappa shape index (κ3) is 8.21. The first kappa shape index (κ1) is 32.4. The van der Waals surface area contributed by atoms with E-state index < -0.39 is 12.0 Å². The van der Waals surface area contributed by atoms with Crippen molar-refractivity contribution in [2.75, 3.05) is 18.5 Å². The van der Waals surface area contributed by atoms with E-state index in [1.165, 1.54) is 24.6 Å². The minimum atomic E-state index is -0.607. The SMILES string of the molecule is CCCCCCOc1ccc(C2C(C(=O)OCc3ccccc3)=C(C)Nc3nc(SCc4ccccc4Cl)nn32)cc1OCC. The molecule has 1 aliphatic heterocycles. The van der Waals surface area contributed by atoms with Crippen molar-refractivity contribution in [1.29, 1.82) is 0 Å². The highest BCUT2D eigenvalue weighted by molar-refractivity contribution is 7.98. The van der Waals surface area contributed by atoms with Gasteiger partial charge in [-0.2, -0.15) is 4.98 Å².